The first-order valence-corrected chi connectivity index (χ1v) is 7.03. The second-order valence-corrected chi connectivity index (χ2v) is 5.71. The Morgan fingerprint density at radius 1 is 1.35 bits per heavy atom. The molecule has 20 heavy (non-hydrogen) atoms. The van der Waals surface area contributed by atoms with Crippen molar-refractivity contribution >= 4 is 5.78 Å². The number of hydrogen-bond donors (Lipinski definition) is 1. The first-order chi connectivity index (χ1) is 9.63. The van der Waals surface area contributed by atoms with Crippen LogP contribution in [0.15, 0.2) is 42.6 Å². The summed E-state index contributed by atoms with van der Waals surface area (Å²) in [6, 6.07) is 11.4. The lowest BCUT2D eigenvalue weighted by molar-refractivity contribution is 0.0794. The van der Waals surface area contributed by atoms with Gasteiger partial charge in [0.25, 0.3) is 0 Å². The molecule has 0 saturated heterocycles. The van der Waals surface area contributed by atoms with Gasteiger partial charge < -0.3 is 5.73 Å². The number of hydrogen-bond acceptors (Lipinski definition) is 3. The molecule has 2 aromatic rings. The third-order valence-corrected chi connectivity index (χ3v) is 4.42. The van der Waals surface area contributed by atoms with E-state index in [1.807, 2.05) is 37.3 Å². The normalized spacial score (nSPS) is 25.8. The van der Waals surface area contributed by atoms with Crippen LogP contribution in [0, 0.1) is 5.41 Å². The minimum Gasteiger partial charge on any atom is -0.327 e. The zero-order chi connectivity index (χ0) is 14.2. The van der Waals surface area contributed by atoms with Crippen LogP contribution in [0.2, 0.25) is 0 Å². The molecule has 4 nitrogen and oxygen atoms in total. The van der Waals surface area contributed by atoms with Crippen molar-refractivity contribution in [3.8, 4) is 5.69 Å². The van der Waals surface area contributed by atoms with Gasteiger partial charge in [-0.15, -0.1) is 0 Å². The van der Waals surface area contributed by atoms with Gasteiger partial charge in [0, 0.05) is 11.5 Å². The van der Waals surface area contributed by atoms with Crippen LogP contribution in [0.4, 0.5) is 0 Å². The molecular weight excluding hydrogens is 250 g/mol. The zero-order valence-electron chi connectivity index (χ0n) is 11.6. The summed E-state index contributed by atoms with van der Waals surface area (Å²) in [4.78, 5) is 12.9. The van der Waals surface area contributed by atoms with Gasteiger partial charge in [-0.3, -0.25) is 4.79 Å². The Morgan fingerprint density at radius 3 is 2.75 bits per heavy atom. The number of nitrogens with zero attached hydrogens (tertiary/aromatic N) is 2. The number of carbonyl (C=O) groups is 1. The van der Waals surface area contributed by atoms with E-state index in [0.717, 1.165) is 24.9 Å². The van der Waals surface area contributed by atoms with E-state index < -0.39 is 5.41 Å². The zero-order valence-corrected chi connectivity index (χ0v) is 11.6. The predicted octanol–water partition coefficient (Wildman–Crippen LogP) is 2.57. The van der Waals surface area contributed by atoms with E-state index in [1.54, 1.807) is 16.9 Å². The van der Waals surface area contributed by atoms with Crippen molar-refractivity contribution in [2.24, 2.45) is 11.1 Å². The highest BCUT2D eigenvalue weighted by molar-refractivity contribution is 6.00. The molecule has 0 aliphatic heterocycles. The lowest BCUT2D eigenvalue weighted by Gasteiger charge is -2.27. The molecule has 1 aromatic carbocycles. The summed E-state index contributed by atoms with van der Waals surface area (Å²) < 4.78 is 1.71. The van der Waals surface area contributed by atoms with Gasteiger partial charge in [0.2, 0.25) is 0 Å². The van der Waals surface area contributed by atoms with Crippen LogP contribution in [0.3, 0.4) is 0 Å². The summed E-state index contributed by atoms with van der Waals surface area (Å²) in [5, 5.41) is 4.29. The molecule has 3 rings (SSSR count). The minimum absolute atomic E-state index is 0.0610. The number of rotatable bonds is 3. The molecule has 0 amide bonds. The Kier molecular flexibility index (Phi) is 3.18. The van der Waals surface area contributed by atoms with Gasteiger partial charge in [0.1, 0.15) is 5.69 Å². The molecule has 1 aromatic heterocycles. The maximum Gasteiger partial charge on any atom is 0.188 e. The summed E-state index contributed by atoms with van der Waals surface area (Å²) in [5.41, 5.74) is 7.21. The second-order valence-electron chi connectivity index (χ2n) is 5.71. The van der Waals surface area contributed by atoms with Crippen molar-refractivity contribution in [2.75, 3.05) is 0 Å². The molecule has 1 aliphatic rings. The van der Waals surface area contributed by atoms with Gasteiger partial charge in [-0.25, -0.2) is 4.68 Å². The third-order valence-electron chi connectivity index (χ3n) is 4.42. The first kappa shape index (κ1) is 13.1. The van der Waals surface area contributed by atoms with Gasteiger partial charge in [0.15, 0.2) is 5.78 Å². The van der Waals surface area contributed by atoms with E-state index in [9.17, 15) is 4.79 Å². The number of para-hydroxylation sites is 1. The van der Waals surface area contributed by atoms with E-state index in [4.69, 9.17) is 5.73 Å². The van der Waals surface area contributed by atoms with Gasteiger partial charge in [-0.2, -0.15) is 5.10 Å². The van der Waals surface area contributed by atoms with Crippen LogP contribution in [-0.2, 0) is 0 Å². The number of benzene rings is 1. The summed E-state index contributed by atoms with van der Waals surface area (Å²) in [5.74, 6) is 0.101. The third kappa shape index (κ3) is 1.96. The van der Waals surface area contributed by atoms with E-state index in [2.05, 4.69) is 5.10 Å². The van der Waals surface area contributed by atoms with Crippen molar-refractivity contribution in [3.63, 3.8) is 0 Å². The van der Waals surface area contributed by atoms with Crippen molar-refractivity contribution < 1.29 is 4.79 Å². The SMILES string of the molecule is CC1(C(=O)c2ccnn2-c2ccccc2)CCCC1N. The highest BCUT2D eigenvalue weighted by Gasteiger charge is 2.44. The Morgan fingerprint density at radius 2 is 2.10 bits per heavy atom. The molecule has 0 radical (unpaired) electrons. The lowest BCUT2D eigenvalue weighted by atomic mass is 9.79. The van der Waals surface area contributed by atoms with Crippen molar-refractivity contribution in [1.29, 1.82) is 0 Å². The molecular formula is C16H19N3O. The van der Waals surface area contributed by atoms with Crippen LogP contribution in [0.25, 0.3) is 5.69 Å². The molecule has 104 valence electrons. The largest absolute Gasteiger partial charge is 0.327 e. The van der Waals surface area contributed by atoms with E-state index in [1.165, 1.54) is 0 Å². The van der Waals surface area contributed by atoms with Gasteiger partial charge in [0.05, 0.1) is 11.9 Å². The van der Waals surface area contributed by atoms with Crippen LogP contribution in [-0.4, -0.2) is 21.6 Å². The monoisotopic (exact) mass is 269 g/mol. The van der Waals surface area contributed by atoms with Gasteiger partial charge >= 0.3 is 0 Å². The molecule has 2 unspecified atom stereocenters. The fourth-order valence-electron chi connectivity index (χ4n) is 3.02. The highest BCUT2D eigenvalue weighted by Crippen LogP contribution is 2.39. The summed E-state index contributed by atoms with van der Waals surface area (Å²) in [6.07, 6.45) is 4.46. The molecule has 4 heteroatoms. The Balaban J connectivity index is 2.00. The maximum absolute atomic E-state index is 12.9. The Labute approximate surface area is 118 Å². The molecule has 1 saturated carbocycles. The average Bonchev–Trinajstić information content (AvgIpc) is 3.08. The minimum atomic E-state index is -0.466. The quantitative estimate of drug-likeness (QED) is 0.871. The molecule has 0 bridgehead atoms. The number of ketones is 1. The molecule has 2 N–H and O–H groups in total. The van der Waals surface area contributed by atoms with Gasteiger partial charge in [-0.05, 0) is 31.0 Å². The fraction of sp³-hybridized carbons (Fsp3) is 0.375. The number of Topliss-reactive ketones (excluding diaryl/α,β-unsaturated/α-hetero) is 1. The van der Waals surface area contributed by atoms with E-state index >= 15 is 0 Å². The molecule has 1 aliphatic carbocycles. The predicted molar refractivity (Wildman–Crippen MR) is 77.8 cm³/mol. The van der Waals surface area contributed by atoms with Crippen molar-refractivity contribution in [2.45, 2.75) is 32.2 Å². The second kappa shape index (κ2) is 4.87. The Hall–Kier alpha value is -1.94. The van der Waals surface area contributed by atoms with Crippen molar-refractivity contribution in [1.82, 2.24) is 9.78 Å². The maximum atomic E-state index is 12.9. The number of carbonyl (C=O) groups excluding carboxylic acids is 1. The number of nitrogens with two attached hydrogens (primary N) is 1. The molecule has 1 heterocycles. The standard InChI is InChI=1S/C16H19N3O/c1-16(10-5-8-14(16)17)15(20)13-9-11-18-19(13)12-6-3-2-4-7-12/h2-4,6-7,9,11,14H,5,8,10,17H2,1H3. The lowest BCUT2D eigenvalue weighted by Crippen LogP contribution is -2.41. The molecule has 1 fully saturated rings. The van der Waals surface area contributed by atoms with Crippen LogP contribution < -0.4 is 5.73 Å². The highest BCUT2D eigenvalue weighted by atomic mass is 16.1. The van der Waals surface area contributed by atoms with Crippen LogP contribution in [0.5, 0.6) is 0 Å². The molecule has 0 spiro atoms. The van der Waals surface area contributed by atoms with E-state index in [0.29, 0.717) is 5.69 Å². The smallest absolute Gasteiger partial charge is 0.188 e. The van der Waals surface area contributed by atoms with Gasteiger partial charge in [-0.1, -0.05) is 31.5 Å². The fourth-order valence-corrected chi connectivity index (χ4v) is 3.02. The average molecular weight is 269 g/mol. The van der Waals surface area contributed by atoms with Crippen molar-refractivity contribution in [3.05, 3.63) is 48.3 Å². The summed E-state index contributed by atoms with van der Waals surface area (Å²) in [6.45, 7) is 1.98. The number of aromatic nitrogens is 2. The topological polar surface area (TPSA) is 60.9 Å². The van der Waals surface area contributed by atoms with Crippen LogP contribution >= 0.6 is 0 Å². The van der Waals surface area contributed by atoms with E-state index in [-0.39, 0.29) is 11.8 Å². The summed E-state index contributed by atoms with van der Waals surface area (Å²) in [7, 11) is 0. The summed E-state index contributed by atoms with van der Waals surface area (Å²) >= 11 is 0. The Bertz CT molecular complexity index is 620. The first-order valence-electron chi connectivity index (χ1n) is 7.03. The molecule has 2 atom stereocenters. The van der Waals surface area contributed by atoms with Crippen LogP contribution in [0.1, 0.15) is 36.7 Å².